The predicted molar refractivity (Wildman–Crippen MR) is 89.0 cm³/mol. The van der Waals surface area contributed by atoms with Crippen molar-refractivity contribution in [3.05, 3.63) is 63.7 Å². The molecule has 126 valence electrons. The third kappa shape index (κ3) is 2.57. The standard InChI is InChI=1S/C17H13N3O5/c21-16-17(24-6-7-25-17)14-9-12(4-5-15(14)19-16)18-10-11-2-1-3-13(8-11)20(22)23/h1-5,8-10H,6-7H2,(H,19,21). The number of aliphatic imine (C=N–C) groups is 1. The summed E-state index contributed by atoms with van der Waals surface area (Å²) in [5.41, 5.74) is 2.40. The number of nitrogens with one attached hydrogen (secondary N) is 1. The van der Waals surface area contributed by atoms with E-state index in [1.54, 1.807) is 30.3 Å². The fourth-order valence-electron chi connectivity index (χ4n) is 2.89. The molecule has 2 aliphatic rings. The molecule has 1 saturated heterocycles. The van der Waals surface area contributed by atoms with Gasteiger partial charge in [0.1, 0.15) is 0 Å². The minimum absolute atomic E-state index is 0.000548. The number of nitro groups is 1. The molecule has 2 aliphatic heterocycles. The monoisotopic (exact) mass is 339 g/mol. The van der Waals surface area contributed by atoms with Gasteiger partial charge in [0.15, 0.2) is 0 Å². The molecular formula is C17H13N3O5. The Morgan fingerprint density at radius 1 is 1.20 bits per heavy atom. The maximum absolute atomic E-state index is 12.2. The first kappa shape index (κ1) is 15.4. The minimum atomic E-state index is -1.40. The van der Waals surface area contributed by atoms with Gasteiger partial charge in [-0.2, -0.15) is 0 Å². The Morgan fingerprint density at radius 2 is 2.00 bits per heavy atom. The molecule has 2 aromatic rings. The lowest BCUT2D eigenvalue weighted by Gasteiger charge is -2.19. The van der Waals surface area contributed by atoms with E-state index in [0.29, 0.717) is 35.7 Å². The highest BCUT2D eigenvalue weighted by atomic mass is 16.7. The van der Waals surface area contributed by atoms with Crippen LogP contribution in [0.15, 0.2) is 47.5 Å². The molecule has 25 heavy (non-hydrogen) atoms. The molecule has 0 aromatic heterocycles. The van der Waals surface area contributed by atoms with Gasteiger partial charge in [-0.1, -0.05) is 12.1 Å². The van der Waals surface area contributed by atoms with Crippen LogP contribution in [0.3, 0.4) is 0 Å². The van der Waals surface area contributed by atoms with E-state index in [0.717, 1.165) is 0 Å². The molecule has 4 rings (SSSR count). The van der Waals surface area contributed by atoms with Gasteiger partial charge in [0.2, 0.25) is 0 Å². The number of amides is 1. The van der Waals surface area contributed by atoms with E-state index in [-0.39, 0.29) is 11.6 Å². The summed E-state index contributed by atoms with van der Waals surface area (Å²) in [7, 11) is 0. The van der Waals surface area contributed by atoms with Crippen molar-refractivity contribution in [2.24, 2.45) is 4.99 Å². The normalized spacial score (nSPS) is 17.8. The van der Waals surface area contributed by atoms with Crippen molar-refractivity contribution < 1.29 is 19.2 Å². The Labute approximate surface area is 142 Å². The summed E-state index contributed by atoms with van der Waals surface area (Å²) in [5.74, 6) is -1.74. The van der Waals surface area contributed by atoms with E-state index in [1.807, 2.05) is 0 Å². The van der Waals surface area contributed by atoms with Crippen molar-refractivity contribution in [3.63, 3.8) is 0 Å². The van der Waals surface area contributed by atoms with Crippen molar-refractivity contribution >= 4 is 29.2 Å². The Morgan fingerprint density at radius 3 is 2.76 bits per heavy atom. The van der Waals surface area contributed by atoms with Crippen molar-refractivity contribution in [2.75, 3.05) is 18.5 Å². The molecule has 0 aliphatic carbocycles. The van der Waals surface area contributed by atoms with Gasteiger partial charge in [-0.05, 0) is 23.8 Å². The van der Waals surface area contributed by atoms with Gasteiger partial charge in [0.05, 0.1) is 29.5 Å². The summed E-state index contributed by atoms with van der Waals surface area (Å²) < 4.78 is 11.1. The zero-order chi connectivity index (χ0) is 17.4. The maximum atomic E-state index is 12.2. The molecule has 0 radical (unpaired) electrons. The lowest BCUT2D eigenvalue weighted by atomic mass is 10.1. The highest BCUT2D eigenvalue weighted by Crippen LogP contribution is 2.43. The topological polar surface area (TPSA) is 103 Å². The van der Waals surface area contributed by atoms with Gasteiger partial charge in [-0.3, -0.25) is 19.9 Å². The summed E-state index contributed by atoms with van der Waals surface area (Å²) in [5, 5.41) is 13.6. The van der Waals surface area contributed by atoms with E-state index in [4.69, 9.17) is 9.47 Å². The Kier molecular flexibility index (Phi) is 3.56. The number of fused-ring (bicyclic) bond motifs is 2. The molecule has 0 unspecified atom stereocenters. The maximum Gasteiger partial charge on any atom is 0.289 e. The molecular weight excluding hydrogens is 326 g/mol. The van der Waals surface area contributed by atoms with Crippen LogP contribution in [0.25, 0.3) is 0 Å². The molecule has 1 N–H and O–H groups in total. The van der Waals surface area contributed by atoms with Crippen molar-refractivity contribution in [2.45, 2.75) is 5.79 Å². The number of benzene rings is 2. The highest BCUT2D eigenvalue weighted by Gasteiger charge is 2.52. The van der Waals surface area contributed by atoms with Crippen LogP contribution < -0.4 is 5.32 Å². The molecule has 1 spiro atoms. The molecule has 0 saturated carbocycles. The number of carbonyl (C=O) groups is 1. The number of nitro benzene ring substituents is 1. The minimum Gasteiger partial charge on any atom is -0.336 e. The summed E-state index contributed by atoms with van der Waals surface area (Å²) in [4.78, 5) is 26.9. The number of hydrogen-bond donors (Lipinski definition) is 1. The van der Waals surface area contributed by atoms with Crippen LogP contribution in [0, 0.1) is 10.1 Å². The van der Waals surface area contributed by atoms with Gasteiger partial charge in [0, 0.05) is 23.9 Å². The summed E-state index contributed by atoms with van der Waals surface area (Å²) in [6.07, 6.45) is 1.53. The second-order valence-corrected chi connectivity index (χ2v) is 5.61. The molecule has 8 nitrogen and oxygen atoms in total. The van der Waals surface area contributed by atoms with Gasteiger partial charge < -0.3 is 14.8 Å². The Balaban J connectivity index is 1.65. The number of nitrogens with zero attached hydrogens (tertiary/aromatic N) is 2. The summed E-state index contributed by atoms with van der Waals surface area (Å²) in [6.45, 7) is 0.683. The van der Waals surface area contributed by atoms with Crippen LogP contribution in [0.5, 0.6) is 0 Å². The average Bonchev–Trinajstić information content (AvgIpc) is 3.21. The van der Waals surface area contributed by atoms with Crippen molar-refractivity contribution in [3.8, 4) is 0 Å². The number of carbonyl (C=O) groups excluding carboxylic acids is 1. The zero-order valence-electron chi connectivity index (χ0n) is 13.0. The SMILES string of the molecule is O=C1Nc2ccc(N=Cc3cccc([N+](=O)[O-])c3)cc2C12OCCO2. The number of anilines is 1. The second-order valence-electron chi connectivity index (χ2n) is 5.61. The van der Waals surface area contributed by atoms with Crippen molar-refractivity contribution in [1.29, 1.82) is 0 Å². The van der Waals surface area contributed by atoms with Crippen LogP contribution in [-0.2, 0) is 20.1 Å². The lowest BCUT2D eigenvalue weighted by molar-refractivity contribution is -0.384. The largest absolute Gasteiger partial charge is 0.336 e. The van der Waals surface area contributed by atoms with E-state index < -0.39 is 10.7 Å². The third-order valence-electron chi connectivity index (χ3n) is 4.04. The molecule has 0 bridgehead atoms. The van der Waals surface area contributed by atoms with E-state index in [2.05, 4.69) is 10.3 Å². The number of non-ortho nitro benzene ring substituents is 1. The molecule has 1 amide bonds. The highest BCUT2D eigenvalue weighted by molar-refractivity contribution is 6.04. The van der Waals surface area contributed by atoms with Gasteiger partial charge in [-0.25, -0.2) is 0 Å². The Bertz CT molecular complexity index is 903. The Hall–Kier alpha value is -3.10. The predicted octanol–water partition coefficient (Wildman–Crippen LogP) is 2.50. The summed E-state index contributed by atoms with van der Waals surface area (Å²) >= 11 is 0. The number of hydrogen-bond acceptors (Lipinski definition) is 6. The molecule has 8 heteroatoms. The fraction of sp³-hybridized carbons (Fsp3) is 0.176. The second kappa shape index (κ2) is 5.76. The zero-order valence-corrected chi connectivity index (χ0v) is 13.0. The van der Waals surface area contributed by atoms with E-state index in [1.165, 1.54) is 18.3 Å². The number of rotatable bonds is 3. The van der Waals surface area contributed by atoms with Gasteiger partial charge >= 0.3 is 0 Å². The third-order valence-corrected chi connectivity index (χ3v) is 4.04. The van der Waals surface area contributed by atoms with Crippen LogP contribution in [0.1, 0.15) is 11.1 Å². The smallest absolute Gasteiger partial charge is 0.289 e. The molecule has 2 aromatic carbocycles. The van der Waals surface area contributed by atoms with Crippen LogP contribution in [0.2, 0.25) is 0 Å². The van der Waals surface area contributed by atoms with Crippen molar-refractivity contribution in [1.82, 2.24) is 0 Å². The van der Waals surface area contributed by atoms with E-state index >= 15 is 0 Å². The van der Waals surface area contributed by atoms with Gasteiger partial charge in [-0.15, -0.1) is 0 Å². The quantitative estimate of drug-likeness (QED) is 0.526. The average molecular weight is 339 g/mol. The van der Waals surface area contributed by atoms with Gasteiger partial charge in [0.25, 0.3) is 17.4 Å². The van der Waals surface area contributed by atoms with Crippen LogP contribution >= 0.6 is 0 Å². The summed E-state index contributed by atoms with van der Waals surface area (Å²) in [6, 6.07) is 11.4. The van der Waals surface area contributed by atoms with Crippen LogP contribution in [0.4, 0.5) is 17.1 Å². The molecule has 0 atom stereocenters. The first-order chi connectivity index (χ1) is 12.1. The van der Waals surface area contributed by atoms with Crippen LogP contribution in [-0.4, -0.2) is 30.3 Å². The first-order valence-electron chi connectivity index (χ1n) is 7.61. The fourth-order valence-corrected chi connectivity index (χ4v) is 2.89. The molecule has 1 fully saturated rings. The first-order valence-corrected chi connectivity index (χ1v) is 7.61. The lowest BCUT2D eigenvalue weighted by Crippen LogP contribution is -2.35. The number of ether oxygens (including phenoxy) is 2. The molecule has 2 heterocycles. The van der Waals surface area contributed by atoms with E-state index in [9.17, 15) is 14.9 Å².